The molecule has 0 spiro atoms. The van der Waals surface area contributed by atoms with Crippen LogP contribution in [0.2, 0.25) is 0 Å². The van der Waals surface area contributed by atoms with Gasteiger partial charge in [-0.15, -0.1) is 0 Å². The highest BCUT2D eigenvalue weighted by Gasteiger charge is 2.60. The molecule has 1 amide bonds. The lowest BCUT2D eigenvalue weighted by Gasteiger charge is -2.61. The molecular weight excluding hydrogens is 534 g/mol. The van der Waals surface area contributed by atoms with E-state index in [9.17, 15) is 4.79 Å². The van der Waals surface area contributed by atoms with Crippen LogP contribution in [0, 0.1) is 46.3 Å². The number of fused-ring (bicyclic) bond motifs is 5. The number of carbonyl (C=O) groups is 1. The van der Waals surface area contributed by atoms with Crippen LogP contribution in [-0.4, -0.2) is 12.5 Å². The number of nitrogens with one attached hydrogen (secondary N) is 1. The average Bonchev–Trinajstić information content (AvgIpc) is 3.38. The van der Waals surface area contributed by atoms with E-state index in [1.165, 1.54) is 161 Å². The molecule has 4 fully saturated rings. The summed E-state index contributed by atoms with van der Waals surface area (Å²) < 4.78 is 0. The molecule has 0 aliphatic heterocycles. The zero-order chi connectivity index (χ0) is 31.3. The van der Waals surface area contributed by atoms with Gasteiger partial charge in [0.1, 0.15) is 0 Å². The number of hydrogen-bond donors (Lipinski definition) is 1. The second kappa shape index (κ2) is 18.7. The lowest BCUT2D eigenvalue weighted by molar-refractivity contribution is -0.122. The Hall–Kier alpha value is -0.530. The Balaban J connectivity index is 1.01. The molecule has 0 saturated heterocycles. The number of unbranched alkanes of at least 4 members (excludes halogenated alkanes) is 15. The second-order valence-corrected chi connectivity index (χ2v) is 17.3. The fraction of sp³-hybridized carbons (Fsp3) is 0.976. The Labute approximate surface area is 275 Å². The van der Waals surface area contributed by atoms with Crippen LogP contribution in [0.25, 0.3) is 0 Å². The first kappa shape index (κ1) is 36.3. The highest BCUT2D eigenvalue weighted by Crippen LogP contribution is 2.68. The van der Waals surface area contributed by atoms with E-state index in [0.717, 1.165) is 55.4 Å². The minimum absolute atomic E-state index is 0.310. The van der Waals surface area contributed by atoms with E-state index in [2.05, 4.69) is 33.0 Å². The molecule has 256 valence electrons. The number of carbonyl (C=O) groups excluding carboxylic acids is 1. The molecule has 0 aromatic heterocycles. The van der Waals surface area contributed by atoms with E-state index in [0.29, 0.717) is 22.7 Å². The first-order valence-corrected chi connectivity index (χ1v) is 20.7. The van der Waals surface area contributed by atoms with Crippen molar-refractivity contribution in [3.05, 3.63) is 0 Å². The Bertz CT molecular complexity index is 808. The van der Waals surface area contributed by atoms with Crippen molar-refractivity contribution in [2.75, 3.05) is 6.54 Å². The largest absolute Gasteiger partial charge is 0.356 e. The molecule has 4 aliphatic rings. The number of rotatable bonds is 21. The Morgan fingerprint density at radius 1 is 0.659 bits per heavy atom. The van der Waals surface area contributed by atoms with Gasteiger partial charge < -0.3 is 5.32 Å². The van der Waals surface area contributed by atoms with Gasteiger partial charge in [0, 0.05) is 13.0 Å². The summed E-state index contributed by atoms with van der Waals surface area (Å²) in [5.41, 5.74) is 1.18. The van der Waals surface area contributed by atoms with Crippen LogP contribution in [0.4, 0.5) is 0 Å². The number of amides is 1. The molecule has 1 N–H and O–H groups in total. The smallest absolute Gasteiger partial charge is 0.220 e. The van der Waals surface area contributed by atoms with E-state index >= 15 is 0 Å². The summed E-state index contributed by atoms with van der Waals surface area (Å²) in [5, 5.41) is 3.27. The van der Waals surface area contributed by atoms with Gasteiger partial charge in [-0.1, -0.05) is 137 Å². The van der Waals surface area contributed by atoms with Crippen molar-refractivity contribution in [2.45, 2.75) is 207 Å². The zero-order valence-corrected chi connectivity index (χ0v) is 30.4. The average molecular weight is 612 g/mol. The summed E-state index contributed by atoms with van der Waals surface area (Å²) in [6.45, 7) is 11.1. The van der Waals surface area contributed by atoms with E-state index in [1.54, 1.807) is 0 Å². The highest BCUT2D eigenvalue weighted by atomic mass is 16.1. The van der Waals surface area contributed by atoms with Crippen LogP contribution in [0.15, 0.2) is 0 Å². The third kappa shape index (κ3) is 9.75. The fourth-order valence-corrected chi connectivity index (χ4v) is 11.8. The molecule has 0 aromatic carbocycles. The highest BCUT2D eigenvalue weighted by molar-refractivity contribution is 5.75. The predicted molar refractivity (Wildman–Crippen MR) is 191 cm³/mol. The third-order valence-corrected chi connectivity index (χ3v) is 14.5. The second-order valence-electron chi connectivity index (χ2n) is 17.3. The van der Waals surface area contributed by atoms with Crippen LogP contribution in [0.3, 0.4) is 0 Å². The summed E-state index contributed by atoms with van der Waals surface area (Å²) >= 11 is 0. The molecule has 4 rings (SSSR count). The molecular formula is C42H77NO. The maximum Gasteiger partial charge on any atom is 0.220 e. The van der Waals surface area contributed by atoms with Gasteiger partial charge in [-0.05, 0) is 111 Å². The summed E-state index contributed by atoms with van der Waals surface area (Å²) in [7, 11) is 0. The molecule has 4 saturated carbocycles. The summed E-state index contributed by atoms with van der Waals surface area (Å²) in [6.07, 6.45) is 39.1. The van der Waals surface area contributed by atoms with Crippen molar-refractivity contribution in [1.29, 1.82) is 0 Å². The van der Waals surface area contributed by atoms with Crippen molar-refractivity contribution >= 4 is 5.91 Å². The van der Waals surface area contributed by atoms with E-state index in [4.69, 9.17) is 0 Å². The molecule has 0 radical (unpaired) electrons. The maximum atomic E-state index is 12.7. The Morgan fingerprint density at radius 3 is 1.89 bits per heavy atom. The minimum atomic E-state index is 0.310. The molecule has 1 unspecified atom stereocenters. The first-order valence-electron chi connectivity index (χ1n) is 20.7. The van der Waals surface area contributed by atoms with Gasteiger partial charge in [-0.3, -0.25) is 4.79 Å². The minimum Gasteiger partial charge on any atom is -0.356 e. The van der Waals surface area contributed by atoms with Crippen molar-refractivity contribution in [1.82, 2.24) is 5.32 Å². The summed E-state index contributed by atoms with van der Waals surface area (Å²) in [4.78, 5) is 12.7. The van der Waals surface area contributed by atoms with Crippen LogP contribution in [-0.2, 0) is 4.79 Å². The van der Waals surface area contributed by atoms with E-state index in [1.807, 2.05) is 0 Å². The lowest BCUT2D eigenvalue weighted by Crippen LogP contribution is -2.53. The van der Waals surface area contributed by atoms with Crippen LogP contribution in [0.5, 0.6) is 0 Å². The molecule has 0 aromatic rings. The Morgan fingerprint density at radius 2 is 1.25 bits per heavy atom. The third-order valence-electron chi connectivity index (χ3n) is 14.5. The van der Waals surface area contributed by atoms with Gasteiger partial charge in [-0.2, -0.15) is 0 Å². The number of hydrogen-bond acceptors (Lipinski definition) is 1. The zero-order valence-electron chi connectivity index (χ0n) is 30.4. The van der Waals surface area contributed by atoms with Gasteiger partial charge in [0.05, 0.1) is 0 Å². The molecule has 4 aliphatic carbocycles. The van der Waals surface area contributed by atoms with Gasteiger partial charge in [-0.25, -0.2) is 0 Å². The molecule has 0 heterocycles. The predicted octanol–water partition coefficient (Wildman–Crippen LogP) is 12.8. The van der Waals surface area contributed by atoms with E-state index in [-0.39, 0.29) is 0 Å². The normalized spacial score (nSPS) is 33.8. The van der Waals surface area contributed by atoms with Crippen molar-refractivity contribution in [3.8, 4) is 0 Å². The molecule has 8 atom stereocenters. The monoisotopic (exact) mass is 612 g/mol. The van der Waals surface area contributed by atoms with Crippen molar-refractivity contribution < 1.29 is 4.79 Å². The van der Waals surface area contributed by atoms with Crippen LogP contribution >= 0.6 is 0 Å². The standard InChI is InChI=1S/C42H77NO/c1-5-6-7-8-9-10-11-12-13-14-15-16-17-18-19-22-33-43-40(44)29-24-34(2)37-27-28-38-36-26-25-35-23-20-21-31-41(35,3)39(36)30-32-42(37,38)4/h34-39H,5-33H2,1-4H3,(H,43,44)/t34-,35?,36+,37-,38+,39+,41+,42-/m1/s1. The van der Waals surface area contributed by atoms with Gasteiger partial charge in [0.25, 0.3) is 0 Å². The molecule has 2 heteroatoms. The van der Waals surface area contributed by atoms with Crippen molar-refractivity contribution in [2.24, 2.45) is 46.3 Å². The molecule has 0 bridgehead atoms. The first-order chi connectivity index (χ1) is 21.4. The fourth-order valence-electron chi connectivity index (χ4n) is 11.8. The topological polar surface area (TPSA) is 29.1 Å². The maximum absolute atomic E-state index is 12.7. The lowest BCUT2D eigenvalue weighted by atomic mass is 9.44. The van der Waals surface area contributed by atoms with Gasteiger partial charge in [0.2, 0.25) is 5.91 Å². The van der Waals surface area contributed by atoms with Gasteiger partial charge in [0.15, 0.2) is 0 Å². The van der Waals surface area contributed by atoms with Crippen molar-refractivity contribution in [3.63, 3.8) is 0 Å². The molecule has 2 nitrogen and oxygen atoms in total. The van der Waals surface area contributed by atoms with Gasteiger partial charge >= 0.3 is 0 Å². The summed E-state index contributed by atoms with van der Waals surface area (Å²) in [6, 6.07) is 0. The Kier molecular flexibility index (Phi) is 15.4. The molecule has 44 heavy (non-hydrogen) atoms. The van der Waals surface area contributed by atoms with E-state index < -0.39 is 0 Å². The van der Waals surface area contributed by atoms with Crippen LogP contribution in [0.1, 0.15) is 207 Å². The SMILES string of the molecule is CCCCCCCCCCCCCCCCCCNC(=O)CC[C@@H](C)[C@H]1CC[C@H]2[C@@H]3CCC4CCCC[C@]4(C)[C@H]3CC[C@]12C. The summed E-state index contributed by atoms with van der Waals surface area (Å²) in [5.74, 6) is 5.80. The quantitative estimate of drug-likeness (QED) is 0.129. The van der Waals surface area contributed by atoms with Crippen LogP contribution < -0.4 is 5.32 Å².